The van der Waals surface area contributed by atoms with Gasteiger partial charge >= 0.3 is 0 Å². The highest BCUT2D eigenvalue weighted by Gasteiger charge is 2.31. The number of rotatable bonds is 5. The summed E-state index contributed by atoms with van der Waals surface area (Å²) in [5, 5.41) is 16.0. The van der Waals surface area contributed by atoms with E-state index in [9.17, 15) is 0 Å². The molecule has 0 saturated heterocycles. The van der Waals surface area contributed by atoms with E-state index in [0.717, 1.165) is 49.0 Å². The lowest BCUT2D eigenvalue weighted by molar-refractivity contribution is 0.301. The summed E-state index contributed by atoms with van der Waals surface area (Å²) in [5.74, 6) is 2.54. The first-order valence-corrected chi connectivity index (χ1v) is 7.78. The van der Waals surface area contributed by atoms with Gasteiger partial charge in [-0.3, -0.25) is 10.00 Å². The maximum absolute atomic E-state index is 5.87. The van der Waals surface area contributed by atoms with Crippen molar-refractivity contribution in [2.24, 2.45) is 12.8 Å². The smallest absolute Gasteiger partial charge is 0.146 e. The highest BCUT2D eigenvalue weighted by Crippen LogP contribution is 2.34. The van der Waals surface area contributed by atoms with Gasteiger partial charge in [-0.2, -0.15) is 5.10 Å². The second-order valence-corrected chi connectivity index (χ2v) is 6.55. The van der Waals surface area contributed by atoms with Crippen molar-refractivity contribution in [3.63, 3.8) is 0 Å². The third-order valence-electron chi connectivity index (χ3n) is 4.66. The number of aryl methyl sites for hydroxylation is 2. The fourth-order valence-electron chi connectivity index (χ4n) is 3.12. The summed E-state index contributed by atoms with van der Waals surface area (Å²) >= 11 is 0. The van der Waals surface area contributed by atoms with Crippen molar-refractivity contribution in [1.82, 2.24) is 29.9 Å². The Balaban J connectivity index is 1.66. The van der Waals surface area contributed by atoms with Crippen LogP contribution in [-0.2, 0) is 20.1 Å². The predicted octanol–water partition coefficient (Wildman–Crippen LogP) is 0.992. The molecule has 7 heteroatoms. The number of H-pyrrole nitrogens is 1. The molecule has 0 aliphatic heterocycles. The summed E-state index contributed by atoms with van der Waals surface area (Å²) in [4.78, 5) is 2.24. The second-order valence-electron chi connectivity index (χ2n) is 6.55. The van der Waals surface area contributed by atoms with Crippen molar-refractivity contribution >= 4 is 0 Å². The van der Waals surface area contributed by atoms with Gasteiger partial charge in [0.1, 0.15) is 11.6 Å². The standard InChI is InChI=1S/C15H25N7/c1-9-13(10(2)18-17-9)7-21(3)8-14-19-20-15(22(14)4)11-5-12(16)6-11/h11-12H,5-8,16H2,1-4H3,(H,17,18). The van der Waals surface area contributed by atoms with Gasteiger partial charge in [-0.25, -0.2) is 0 Å². The van der Waals surface area contributed by atoms with Gasteiger partial charge in [0.15, 0.2) is 0 Å². The molecule has 0 bridgehead atoms. The molecular weight excluding hydrogens is 278 g/mol. The van der Waals surface area contributed by atoms with Crippen molar-refractivity contribution in [3.8, 4) is 0 Å². The molecule has 3 rings (SSSR count). The predicted molar refractivity (Wildman–Crippen MR) is 84.2 cm³/mol. The minimum atomic E-state index is 0.333. The first-order chi connectivity index (χ1) is 10.5. The Bertz CT molecular complexity index is 631. The lowest BCUT2D eigenvalue weighted by Gasteiger charge is -2.31. The average molecular weight is 303 g/mol. The van der Waals surface area contributed by atoms with E-state index in [4.69, 9.17) is 5.73 Å². The summed E-state index contributed by atoms with van der Waals surface area (Å²) in [6.07, 6.45) is 2.05. The Morgan fingerprint density at radius 3 is 2.59 bits per heavy atom. The lowest BCUT2D eigenvalue weighted by atomic mass is 9.80. The van der Waals surface area contributed by atoms with Gasteiger partial charge in [0.2, 0.25) is 0 Å². The molecule has 2 aromatic heterocycles. The van der Waals surface area contributed by atoms with Crippen LogP contribution in [0.4, 0.5) is 0 Å². The Hall–Kier alpha value is -1.73. The maximum atomic E-state index is 5.87. The molecule has 7 nitrogen and oxygen atoms in total. The topological polar surface area (TPSA) is 88.7 Å². The van der Waals surface area contributed by atoms with E-state index in [1.54, 1.807) is 0 Å². The minimum absolute atomic E-state index is 0.333. The van der Waals surface area contributed by atoms with Crippen molar-refractivity contribution < 1.29 is 0 Å². The molecule has 22 heavy (non-hydrogen) atoms. The molecule has 2 heterocycles. The number of hydrogen-bond donors (Lipinski definition) is 2. The molecule has 0 radical (unpaired) electrons. The molecule has 0 unspecified atom stereocenters. The summed E-state index contributed by atoms with van der Waals surface area (Å²) < 4.78 is 2.13. The summed E-state index contributed by atoms with van der Waals surface area (Å²) in [5.41, 5.74) is 9.32. The summed E-state index contributed by atoms with van der Waals surface area (Å²) in [7, 11) is 4.15. The number of hydrogen-bond acceptors (Lipinski definition) is 5. The van der Waals surface area contributed by atoms with Crippen LogP contribution in [-0.4, -0.2) is 43.0 Å². The third-order valence-corrected chi connectivity index (χ3v) is 4.66. The van der Waals surface area contributed by atoms with Crippen LogP contribution in [0.25, 0.3) is 0 Å². The second kappa shape index (κ2) is 5.81. The zero-order valence-corrected chi connectivity index (χ0v) is 13.8. The van der Waals surface area contributed by atoms with E-state index >= 15 is 0 Å². The molecule has 0 atom stereocenters. The van der Waals surface area contributed by atoms with Crippen LogP contribution in [0.2, 0.25) is 0 Å². The van der Waals surface area contributed by atoms with Gasteiger partial charge in [-0.05, 0) is 33.7 Å². The van der Waals surface area contributed by atoms with Crippen LogP contribution in [0.15, 0.2) is 0 Å². The molecule has 2 aromatic rings. The molecule has 0 aromatic carbocycles. The highest BCUT2D eigenvalue weighted by atomic mass is 15.3. The first kappa shape index (κ1) is 15.2. The Kier molecular flexibility index (Phi) is 4.01. The summed E-state index contributed by atoms with van der Waals surface area (Å²) in [6, 6.07) is 0.333. The molecule has 0 amide bonds. The van der Waals surface area contributed by atoms with E-state index in [1.165, 1.54) is 5.56 Å². The molecule has 3 N–H and O–H groups in total. The third kappa shape index (κ3) is 2.78. The van der Waals surface area contributed by atoms with Gasteiger partial charge < -0.3 is 10.3 Å². The van der Waals surface area contributed by atoms with E-state index in [1.807, 2.05) is 6.92 Å². The molecule has 1 aliphatic carbocycles. The van der Waals surface area contributed by atoms with E-state index in [-0.39, 0.29) is 0 Å². The first-order valence-electron chi connectivity index (χ1n) is 7.78. The SMILES string of the molecule is Cc1n[nH]c(C)c1CN(C)Cc1nnc(C2CC(N)C2)n1C. The quantitative estimate of drug-likeness (QED) is 0.860. The van der Waals surface area contributed by atoms with Gasteiger partial charge in [0.05, 0.1) is 12.2 Å². The molecular formula is C15H25N7. The number of nitrogens with two attached hydrogens (primary N) is 1. The lowest BCUT2D eigenvalue weighted by Crippen LogP contribution is -2.36. The normalized spacial score (nSPS) is 21.4. The molecule has 120 valence electrons. The molecule has 1 aliphatic rings. The van der Waals surface area contributed by atoms with E-state index in [2.05, 4.69) is 50.9 Å². The van der Waals surface area contributed by atoms with Crippen molar-refractivity contribution in [2.45, 2.75) is 51.7 Å². The fourth-order valence-corrected chi connectivity index (χ4v) is 3.12. The highest BCUT2D eigenvalue weighted by molar-refractivity contribution is 5.22. The minimum Gasteiger partial charge on any atom is -0.328 e. The number of aromatic amines is 1. The van der Waals surface area contributed by atoms with Crippen LogP contribution in [0.1, 0.15) is 47.4 Å². The Labute approximate surface area is 130 Å². The molecule has 1 fully saturated rings. The largest absolute Gasteiger partial charge is 0.328 e. The van der Waals surface area contributed by atoms with Crippen LogP contribution < -0.4 is 5.73 Å². The van der Waals surface area contributed by atoms with Crippen molar-refractivity contribution in [2.75, 3.05) is 7.05 Å². The summed E-state index contributed by atoms with van der Waals surface area (Å²) in [6.45, 7) is 5.72. The van der Waals surface area contributed by atoms with Gasteiger partial charge in [0, 0.05) is 36.8 Å². The van der Waals surface area contributed by atoms with Gasteiger partial charge in [0.25, 0.3) is 0 Å². The number of aromatic nitrogens is 5. The van der Waals surface area contributed by atoms with Gasteiger partial charge in [-0.15, -0.1) is 10.2 Å². The Morgan fingerprint density at radius 1 is 1.27 bits per heavy atom. The number of nitrogens with zero attached hydrogens (tertiary/aromatic N) is 5. The van der Waals surface area contributed by atoms with Crippen LogP contribution >= 0.6 is 0 Å². The fraction of sp³-hybridized carbons (Fsp3) is 0.667. The number of nitrogens with one attached hydrogen (secondary N) is 1. The van der Waals surface area contributed by atoms with Crippen molar-refractivity contribution in [3.05, 3.63) is 28.6 Å². The monoisotopic (exact) mass is 303 g/mol. The maximum Gasteiger partial charge on any atom is 0.146 e. The van der Waals surface area contributed by atoms with Crippen LogP contribution in [0.5, 0.6) is 0 Å². The van der Waals surface area contributed by atoms with E-state index in [0.29, 0.717) is 12.0 Å². The average Bonchev–Trinajstić information content (AvgIpc) is 2.94. The van der Waals surface area contributed by atoms with E-state index < -0.39 is 0 Å². The molecule has 1 saturated carbocycles. The zero-order chi connectivity index (χ0) is 15.9. The van der Waals surface area contributed by atoms with Crippen LogP contribution in [0.3, 0.4) is 0 Å². The van der Waals surface area contributed by atoms with Crippen LogP contribution in [0, 0.1) is 13.8 Å². The molecule has 0 spiro atoms. The van der Waals surface area contributed by atoms with Crippen molar-refractivity contribution in [1.29, 1.82) is 0 Å². The van der Waals surface area contributed by atoms with Gasteiger partial charge in [-0.1, -0.05) is 0 Å². The zero-order valence-electron chi connectivity index (χ0n) is 13.8. The Morgan fingerprint density at radius 2 is 2.00 bits per heavy atom.